The molecule has 3 rings (SSSR count). The highest BCUT2D eigenvalue weighted by molar-refractivity contribution is 7.91. The third-order valence-electron chi connectivity index (χ3n) is 3.27. The van der Waals surface area contributed by atoms with E-state index >= 15 is 0 Å². The maximum absolute atomic E-state index is 12.4. The molecule has 0 aromatic heterocycles. The molecule has 5 nitrogen and oxygen atoms in total. The van der Waals surface area contributed by atoms with Crippen LogP contribution in [0.5, 0.6) is 0 Å². The first-order valence-corrected chi connectivity index (χ1v) is 7.95. The molecule has 2 amide bonds. The van der Waals surface area contributed by atoms with Gasteiger partial charge >= 0.3 is 0 Å². The fourth-order valence-corrected chi connectivity index (χ4v) is 3.45. The van der Waals surface area contributed by atoms with Crippen molar-refractivity contribution in [3.05, 3.63) is 66.7 Å². The van der Waals surface area contributed by atoms with Gasteiger partial charge in [0.15, 0.2) is 0 Å². The van der Waals surface area contributed by atoms with Gasteiger partial charge in [0.05, 0.1) is 15.5 Å². The van der Waals surface area contributed by atoms with E-state index in [1.807, 2.05) is 0 Å². The minimum atomic E-state index is -3.61. The normalized spacial score (nSPS) is 14.6. The van der Waals surface area contributed by atoms with Crippen molar-refractivity contribution < 1.29 is 18.0 Å². The molecule has 110 valence electrons. The largest absolute Gasteiger partial charge is 0.269 e. The van der Waals surface area contributed by atoms with E-state index in [1.165, 1.54) is 48.6 Å². The summed E-state index contributed by atoms with van der Waals surface area (Å²) in [6, 6.07) is 13.7. The topological polar surface area (TPSA) is 71.5 Å². The van der Waals surface area contributed by atoms with Crippen LogP contribution in [0.25, 0.3) is 0 Å². The molecular weight excluding hydrogens is 302 g/mol. The van der Waals surface area contributed by atoms with E-state index in [2.05, 4.69) is 0 Å². The molecule has 0 atom stereocenters. The zero-order valence-electron chi connectivity index (χ0n) is 11.3. The molecule has 0 spiro atoms. The molecule has 0 saturated carbocycles. The van der Waals surface area contributed by atoms with Crippen LogP contribution in [-0.2, 0) is 19.4 Å². The van der Waals surface area contributed by atoms with Crippen molar-refractivity contribution in [3.63, 3.8) is 0 Å². The first-order chi connectivity index (χ1) is 10.5. The quantitative estimate of drug-likeness (QED) is 0.812. The Bertz CT molecular complexity index is 850. The number of hydrogen-bond donors (Lipinski definition) is 0. The van der Waals surface area contributed by atoms with Crippen LogP contribution >= 0.6 is 0 Å². The molecule has 0 N–H and O–H groups in total. The maximum Gasteiger partial charge on any atom is 0.258 e. The van der Waals surface area contributed by atoms with Crippen molar-refractivity contribution in [1.82, 2.24) is 0 Å². The van der Waals surface area contributed by atoms with Gasteiger partial charge in [-0.3, -0.25) is 9.59 Å². The highest BCUT2D eigenvalue weighted by Crippen LogP contribution is 2.25. The molecule has 0 aliphatic carbocycles. The van der Waals surface area contributed by atoms with Crippen molar-refractivity contribution >= 4 is 27.3 Å². The number of imide groups is 1. The van der Waals surface area contributed by atoms with Crippen LogP contribution < -0.4 is 4.90 Å². The van der Waals surface area contributed by atoms with E-state index in [9.17, 15) is 18.0 Å². The Kier molecular flexibility index (Phi) is 3.38. The molecule has 1 aliphatic rings. The van der Waals surface area contributed by atoms with Crippen LogP contribution in [0.15, 0.2) is 76.5 Å². The van der Waals surface area contributed by atoms with Gasteiger partial charge in [0.2, 0.25) is 9.84 Å². The number of rotatable bonds is 3. The van der Waals surface area contributed by atoms with Gasteiger partial charge in [-0.25, -0.2) is 13.3 Å². The highest BCUT2D eigenvalue weighted by atomic mass is 32.2. The summed E-state index contributed by atoms with van der Waals surface area (Å²) in [6.07, 6.45) is 2.36. The first kappa shape index (κ1) is 14.2. The van der Waals surface area contributed by atoms with Crippen LogP contribution in [-0.4, -0.2) is 20.2 Å². The van der Waals surface area contributed by atoms with Gasteiger partial charge in [-0.2, -0.15) is 0 Å². The third kappa shape index (κ3) is 2.33. The Balaban J connectivity index is 1.96. The number of anilines is 1. The monoisotopic (exact) mass is 313 g/mol. The number of amides is 2. The zero-order chi connectivity index (χ0) is 15.7. The minimum absolute atomic E-state index is 0.106. The third-order valence-corrected chi connectivity index (χ3v) is 5.05. The lowest BCUT2D eigenvalue weighted by molar-refractivity contribution is -0.119. The van der Waals surface area contributed by atoms with Gasteiger partial charge in [0.1, 0.15) is 0 Å². The van der Waals surface area contributed by atoms with Crippen molar-refractivity contribution in [3.8, 4) is 0 Å². The molecule has 22 heavy (non-hydrogen) atoms. The number of nitrogens with zero attached hydrogens (tertiary/aromatic N) is 1. The van der Waals surface area contributed by atoms with Crippen molar-refractivity contribution in [2.24, 2.45) is 0 Å². The molecule has 1 aliphatic heterocycles. The summed E-state index contributed by atoms with van der Waals surface area (Å²) in [5.41, 5.74) is 0.340. The van der Waals surface area contributed by atoms with Gasteiger partial charge in [0.25, 0.3) is 11.8 Å². The van der Waals surface area contributed by atoms with Gasteiger partial charge in [0, 0.05) is 12.2 Å². The fraction of sp³-hybridized carbons (Fsp3) is 0. The van der Waals surface area contributed by atoms with Crippen molar-refractivity contribution in [2.45, 2.75) is 9.79 Å². The summed E-state index contributed by atoms with van der Waals surface area (Å²) in [5.74, 6) is -0.882. The standard InChI is InChI=1S/C16H11NO4S/c18-15-10-11-16(19)17(15)12-6-8-14(9-7-12)22(20,21)13-4-2-1-3-5-13/h1-11H. The van der Waals surface area contributed by atoms with Gasteiger partial charge < -0.3 is 0 Å². The molecule has 0 radical (unpaired) electrons. The predicted molar refractivity (Wildman–Crippen MR) is 80.0 cm³/mol. The first-order valence-electron chi connectivity index (χ1n) is 6.46. The second kappa shape index (κ2) is 5.23. The second-order valence-corrected chi connectivity index (χ2v) is 6.61. The van der Waals surface area contributed by atoms with E-state index in [4.69, 9.17) is 0 Å². The molecular formula is C16H11NO4S. The van der Waals surface area contributed by atoms with Crippen LogP contribution in [0.4, 0.5) is 5.69 Å². The van der Waals surface area contributed by atoms with Crippen LogP contribution in [0.3, 0.4) is 0 Å². The molecule has 1 heterocycles. The van der Waals surface area contributed by atoms with Gasteiger partial charge in [-0.15, -0.1) is 0 Å². The molecule has 0 bridgehead atoms. The Labute approximate surface area is 127 Å². The van der Waals surface area contributed by atoms with E-state index in [0.717, 1.165) is 4.90 Å². The SMILES string of the molecule is O=C1C=CC(=O)N1c1ccc(S(=O)(=O)c2ccccc2)cc1. The summed E-state index contributed by atoms with van der Waals surface area (Å²) in [6.45, 7) is 0. The molecule has 0 saturated heterocycles. The summed E-state index contributed by atoms with van der Waals surface area (Å²) in [5, 5.41) is 0. The fourth-order valence-electron chi connectivity index (χ4n) is 2.16. The lowest BCUT2D eigenvalue weighted by Crippen LogP contribution is -2.29. The maximum atomic E-state index is 12.4. The number of benzene rings is 2. The lowest BCUT2D eigenvalue weighted by atomic mass is 10.3. The Morgan fingerprint density at radius 2 is 1.18 bits per heavy atom. The molecule has 6 heteroatoms. The zero-order valence-corrected chi connectivity index (χ0v) is 12.2. The Hall–Kier alpha value is -2.73. The Morgan fingerprint density at radius 3 is 1.73 bits per heavy atom. The molecule has 2 aromatic carbocycles. The van der Waals surface area contributed by atoms with E-state index in [-0.39, 0.29) is 9.79 Å². The summed E-state index contributed by atoms with van der Waals surface area (Å²) in [4.78, 5) is 24.5. The summed E-state index contributed by atoms with van der Waals surface area (Å²) >= 11 is 0. The summed E-state index contributed by atoms with van der Waals surface area (Å²) < 4.78 is 24.9. The number of hydrogen-bond acceptors (Lipinski definition) is 4. The highest BCUT2D eigenvalue weighted by Gasteiger charge is 2.25. The van der Waals surface area contributed by atoms with Crippen LogP contribution in [0.1, 0.15) is 0 Å². The predicted octanol–water partition coefficient (Wildman–Crippen LogP) is 1.95. The number of carbonyl (C=O) groups is 2. The van der Waals surface area contributed by atoms with Gasteiger partial charge in [-0.1, -0.05) is 18.2 Å². The van der Waals surface area contributed by atoms with Crippen LogP contribution in [0.2, 0.25) is 0 Å². The van der Waals surface area contributed by atoms with E-state index in [1.54, 1.807) is 18.2 Å². The molecule has 2 aromatic rings. The van der Waals surface area contributed by atoms with E-state index < -0.39 is 21.7 Å². The minimum Gasteiger partial charge on any atom is -0.269 e. The lowest BCUT2D eigenvalue weighted by Gasteiger charge is -2.14. The Morgan fingerprint density at radius 1 is 0.682 bits per heavy atom. The second-order valence-electron chi connectivity index (χ2n) is 4.66. The number of sulfone groups is 1. The molecule has 0 fully saturated rings. The average Bonchev–Trinajstić information content (AvgIpc) is 2.87. The van der Waals surface area contributed by atoms with Crippen LogP contribution in [0, 0.1) is 0 Å². The summed E-state index contributed by atoms with van der Waals surface area (Å²) in [7, 11) is -3.61. The number of carbonyl (C=O) groups excluding carboxylic acids is 2. The van der Waals surface area contributed by atoms with E-state index in [0.29, 0.717) is 5.69 Å². The molecule has 0 unspecified atom stereocenters. The smallest absolute Gasteiger partial charge is 0.258 e. The van der Waals surface area contributed by atoms with Gasteiger partial charge in [-0.05, 0) is 36.4 Å². The average molecular weight is 313 g/mol. The van der Waals surface area contributed by atoms with Crippen molar-refractivity contribution in [1.29, 1.82) is 0 Å². The van der Waals surface area contributed by atoms with Crippen molar-refractivity contribution in [2.75, 3.05) is 4.90 Å².